The Bertz CT molecular complexity index is 591. The van der Waals surface area contributed by atoms with Gasteiger partial charge in [-0.3, -0.25) is 9.59 Å². The Balaban J connectivity index is 1.88. The van der Waals surface area contributed by atoms with Crippen LogP contribution >= 0.6 is 0 Å². The van der Waals surface area contributed by atoms with Crippen molar-refractivity contribution in [2.75, 3.05) is 19.7 Å². The molecule has 1 aromatic carbocycles. The lowest BCUT2D eigenvalue weighted by Crippen LogP contribution is -2.37. The SMILES string of the molecule is C[C@]1(C(=O)O)CCN(C(=O)COc2ccc(C#N)cc2)C1. The third kappa shape index (κ3) is 3.31. The van der Waals surface area contributed by atoms with Crippen LogP contribution in [0.4, 0.5) is 0 Å². The summed E-state index contributed by atoms with van der Waals surface area (Å²) in [5.41, 5.74) is -0.352. The standard InChI is InChI=1S/C15H16N2O4/c1-15(14(19)20)6-7-17(10-15)13(18)9-21-12-4-2-11(8-16)3-5-12/h2-5H,6-7,9-10H2,1H3,(H,19,20)/t15-/m0/s1. The first-order valence-electron chi connectivity index (χ1n) is 6.59. The number of aliphatic carboxylic acids is 1. The molecule has 1 aliphatic rings. The highest BCUT2D eigenvalue weighted by molar-refractivity contribution is 5.81. The maximum Gasteiger partial charge on any atom is 0.311 e. The summed E-state index contributed by atoms with van der Waals surface area (Å²) in [5, 5.41) is 17.8. The lowest BCUT2D eigenvalue weighted by Gasteiger charge is -2.20. The number of carbonyl (C=O) groups is 2. The van der Waals surface area contributed by atoms with E-state index < -0.39 is 11.4 Å². The number of nitriles is 1. The molecular weight excluding hydrogens is 272 g/mol. The molecule has 110 valence electrons. The number of carbonyl (C=O) groups excluding carboxylic acids is 1. The largest absolute Gasteiger partial charge is 0.484 e. The minimum Gasteiger partial charge on any atom is -0.484 e. The molecule has 1 amide bonds. The van der Waals surface area contributed by atoms with E-state index in [0.29, 0.717) is 24.3 Å². The number of amides is 1. The molecule has 0 spiro atoms. The van der Waals surface area contributed by atoms with E-state index in [9.17, 15) is 9.59 Å². The van der Waals surface area contributed by atoms with Gasteiger partial charge in [-0.15, -0.1) is 0 Å². The van der Waals surface area contributed by atoms with Gasteiger partial charge in [0.2, 0.25) is 0 Å². The zero-order chi connectivity index (χ0) is 15.5. The molecule has 6 heteroatoms. The van der Waals surface area contributed by atoms with Crippen molar-refractivity contribution in [1.29, 1.82) is 5.26 Å². The van der Waals surface area contributed by atoms with Crippen LogP contribution in [0.3, 0.4) is 0 Å². The summed E-state index contributed by atoms with van der Waals surface area (Å²) in [7, 11) is 0. The summed E-state index contributed by atoms with van der Waals surface area (Å²) in [6.07, 6.45) is 0.449. The lowest BCUT2D eigenvalue weighted by molar-refractivity contribution is -0.147. The number of likely N-dealkylation sites (tertiary alicyclic amines) is 1. The van der Waals surface area contributed by atoms with E-state index in [1.165, 1.54) is 4.90 Å². The first kappa shape index (κ1) is 14.9. The first-order chi connectivity index (χ1) is 9.94. The van der Waals surface area contributed by atoms with E-state index in [1.807, 2.05) is 6.07 Å². The Morgan fingerprint density at radius 1 is 1.43 bits per heavy atom. The number of rotatable bonds is 4. The Morgan fingerprint density at radius 3 is 2.62 bits per heavy atom. The van der Waals surface area contributed by atoms with Crippen LogP contribution in [-0.2, 0) is 9.59 Å². The molecular formula is C15H16N2O4. The van der Waals surface area contributed by atoms with Crippen molar-refractivity contribution in [2.24, 2.45) is 5.41 Å². The summed E-state index contributed by atoms with van der Waals surface area (Å²) < 4.78 is 5.36. The van der Waals surface area contributed by atoms with Crippen LogP contribution in [0, 0.1) is 16.7 Å². The molecule has 2 rings (SSSR count). The van der Waals surface area contributed by atoms with Crippen molar-refractivity contribution in [2.45, 2.75) is 13.3 Å². The molecule has 0 saturated carbocycles. The van der Waals surface area contributed by atoms with E-state index >= 15 is 0 Å². The highest BCUT2D eigenvalue weighted by Gasteiger charge is 2.42. The van der Waals surface area contributed by atoms with E-state index in [4.69, 9.17) is 15.1 Å². The van der Waals surface area contributed by atoms with Crippen LogP contribution < -0.4 is 4.74 Å². The molecule has 1 saturated heterocycles. The van der Waals surface area contributed by atoms with Crippen molar-refractivity contribution in [3.05, 3.63) is 29.8 Å². The Labute approximate surface area is 122 Å². The van der Waals surface area contributed by atoms with E-state index in [0.717, 1.165) is 0 Å². The molecule has 6 nitrogen and oxygen atoms in total. The van der Waals surface area contributed by atoms with Gasteiger partial charge < -0.3 is 14.7 Å². The molecule has 1 heterocycles. The van der Waals surface area contributed by atoms with Crippen LogP contribution in [0.25, 0.3) is 0 Å². The van der Waals surface area contributed by atoms with Gasteiger partial charge in [0, 0.05) is 13.1 Å². The smallest absolute Gasteiger partial charge is 0.311 e. The molecule has 21 heavy (non-hydrogen) atoms. The molecule has 1 N–H and O–H groups in total. The molecule has 0 radical (unpaired) electrons. The van der Waals surface area contributed by atoms with Gasteiger partial charge in [-0.2, -0.15) is 5.26 Å². The summed E-state index contributed by atoms with van der Waals surface area (Å²) in [4.78, 5) is 24.7. The second-order valence-corrected chi connectivity index (χ2v) is 5.36. The third-order valence-electron chi connectivity index (χ3n) is 3.69. The highest BCUT2D eigenvalue weighted by atomic mass is 16.5. The van der Waals surface area contributed by atoms with Crippen molar-refractivity contribution in [3.63, 3.8) is 0 Å². The van der Waals surface area contributed by atoms with E-state index in [2.05, 4.69) is 0 Å². The van der Waals surface area contributed by atoms with Gasteiger partial charge in [-0.25, -0.2) is 0 Å². The predicted molar refractivity (Wildman–Crippen MR) is 73.6 cm³/mol. The Kier molecular flexibility index (Phi) is 4.13. The first-order valence-corrected chi connectivity index (χ1v) is 6.59. The van der Waals surface area contributed by atoms with Gasteiger partial charge in [-0.1, -0.05) is 0 Å². The average molecular weight is 288 g/mol. The predicted octanol–water partition coefficient (Wildman–Crippen LogP) is 1.26. The van der Waals surface area contributed by atoms with E-state index in [-0.39, 0.29) is 19.1 Å². The highest BCUT2D eigenvalue weighted by Crippen LogP contribution is 2.30. The van der Waals surface area contributed by atoms with Gasteiger partial charge >= 0.3 is 5.97 Å². The number of ether oxygens (including phenoxy) is 1. The van der Waals surface area contributed by atoms with Crippen molar-refractivity contribution >= 4 is 11.9 Å². The normalized spacial score (nSPS) is 20.9. The second-order valence-electron chi connectivity index (χ2n) is 5.36. The second kappa shape index (κ2) is 5.83. The molecule has 1 atom stereocenters. The van der Waals surface area contributed by atoms with Gasteiger partial charge in [0.25, 0.3) is 5.91 Å². The van der Waals surface area contributed by atoms with Crippen LogP contribution in [0.5, 0.6) is 5.75 Å². The topological polar surface area (TPSA) is 90.6 Å². The molecule has 0 unspecified atom stereocenters. The zero-order valence-electron chi connectivity index (χ0n) is 11.7. The molecule has 1 fully saturated rings. The fraction of sp³-hybridized carbons (Fsp3) is 0.400. The lowest BCUT2D eigenvalue weighted by atomic mass is 9.90. The fourth-order valence-electron chi connectivity index (χ4n) is 2.21. The number of hydrogen-bond acceptors (Lipinski definition) is 4. The van der Waals surface area contributed by atoms with Crippen LogP contribution in [0.2, 0.25) is 0 Å². The van der Waals surface area contributed by atoms with Gasteiger partial charge in [0.1, 0.15) is 5.75 Å². The number of benzene rings is 1. The summed E-state index contributed by atoms with van der Waals surface area (Å²) in [6.45, 7) is 2.14. The van der Waals surface area contributed by atoms with Crippen LogP contribution in [-0.4, -0.2) is 41.6 Å². The zero-order valence-corrected chi connectivity index (χ0v) is 11.7. The van der Waals surface area contributed by atoms with E-state index in [1.54, 1.807) is 31.2 Å². The molecule has 1 aromatic rings. The van der Waals surface area contributed by atoms with Gasteiger partial charge in [-0.05, 0) is 37.6 Å². The number of carboxylic acid groups (broad SMARTS) is 1. The fourth-order valence-corrected chi connectivity index (χ4v) is 2.21. The Hall–Kier alpha value is -2.55. The summed E-state index contributed by atoms with van der Waals surface area (Å²) in [5.74, 6) is -0.613. The van der Waals surface area contributed by atoms with Crippen molar-refractivity contribution in [3.8, 4) is 11.8 Å². The molecule has 1 aliphatic heterocycles. The minimum atomic E-state index is -0.884. The Morgan fingerprint density at radius 2 is 2.10 bits per heavy atom. The number of nitrogens with zero attached hydrogens (tertiary/aromatic N) is 2. The minimum absolute atomic E-state index is 0.137. The molecule has 0 aliphatic carbocycles. The average Bonchev–Trinajstić information content (AvgIpc) is 2.89. The van der Waals surface area contributed by atoms with Crippen LogP contribution in [0.15, 0.2) is 24.3 Å². The quantitative estimate of drug-likeness (QED) is 0.900. The monoisotopic (exact) mass is 288 g/mol. The van der Waals surface area contributed by atoms with Crippen molar-refractivity contribution < 1.29 is 19.4 Å². The summed E-state index contributed by atoms with van der Waals surface area (Å²) >= 11 is 0. The molecule has 0 bridgehead atoms. The summed E-state index contributed by atoms with van der Waals surface area (Å²) in [6, 6.07) is 8.46. The van der Waals surface area contributed by atoms with Crippen molar-refractivity contribution in [1.82, 2.24) is 4.90 Å². The number of hydrogen-bond donors (Lipinski definition) is 1. The number of carboxylic acids is 1. The maximum atomic E-state index is 12.0. The van der Waals surface area contributed by atoms with Gasteiger partial charge in [0.15, 0.2) is 6.61 Å². The molecule has 0 aromatic heterocycles. The van der Waals surface area contributed by atoms with Gasteiger partial charge in [0.05, 0.1) is 17.0 Å². The maximum absolute atomic E-state index is 12.0. The third-order valence-corrected chi connectivity index (χ3v) is 3.69. The van der Waals surface area contributed by atoms with Crippen LogP contribution in [0.1, 0.15) is 18.9 Å².